The number of nitrogens with two attached hydrogens (primary N) is 1. The summed E-state index contributed by atoms with van der Waals surface area (Å²) in [5.74, 6) is 4.01. The maximum atomic E-state index is 13.7. The van der Waals surface area contributed by atoms with Crippen LogP contribution in [-0.2, 0) is 10.3 Å². The lowest BCUT2D eigenvalue weighted by Gasteiger charge is -2.41. The molecule has 0 aliphatic carbocycles. The van der Waals surface area contributed by atoms with Crippen LogP contribution in [0.2, 0.25) is 0 Å². The van der Waals surface area contributed by atoms with Gasteiger partial charge in [0.1, 0.15) is 11.4 Å². The number of ether oxygens (including phenoxy) is 2. The summed E-state index contributed by atoms with van der Waals surface area (Å²) in [6, 6.07) is 2.08. The third-order valence-electron chi connectivity index (χ3n) is 2.73. The molecule has 1 fully saturated rings. The molecule has 0 atom stereocenters. The van der Waals surface area contributed by atoms with Crippen molar-refractivity contribution in [2.75, 3.05) is 20.3 Å². The second kappa shape index (κ2) is 3.97. The van der Waals surface area contributed by atoms with E-state index >= 15 is 0 Å². The van der Waals surface area contributed by atoms with Gasteiger partial charge in [-0.1, -0.05) is 0 Å². The number of methoxy groups -OCH3 is 1. The van der Waals surface area contributed by atoms with E-state index < -0.39 is 17.2 Å². The lowest BCUT2D eigenvalue weighted by atomic mass is 9.88. The van der Waals surface area contributed by atoms with Gasteiger partial charge >= 0.3 is 0 Å². The molecule has 1 aliphatic rings. The number of hydrogen-bond acceptors (Lipinski definition) is 4. The van der Waals surface area contributed by atoms with Gasteiger partial charge in [0.05, 0.1) is 20.3 Å². The third-order valence-corrected chi connectivity index (χ3v) is 2.73. The molecule has 3 N–H and O–H groups in total. The Kier molecular flexibility index (Phi) is 2.79. The molecule has 0 amide bonds. The monoisotopic (exact) mass is 230 g/mol. The Morgan fingerprint density at radius 2 is 2.06 bits per heavy atom. The van der Waals surface area contributed by atoms with E-state index in [1.54, 1.807) is 0 Å². The Morgan fingerprint density at radius 1 is 1.38 bits per heavy atom. The largest absolute Gasteiger partial charge is 0.494 e. The smallest absolute Gasteiger partial charge is 0.165 e. The summed E-state index contributed by atoms with van der Waals surface area (Å²) in [6.07, 6.45) is 0. The molecule has 1 saturated heterocycles. The summed E-state index contributed by atoms with van der Waals surface area (Å²) in [6.45, 7) is 0.429. The average molecular weight is 230 g/mol. The second-order valence-corrected chi connectivity index (χ2v) is 3.69. The number of benzene rings is 1. The average Bonchev–Trinajstić information content (AvgIpc) is 2.22. The first-order chi connectivity index (χ1) is 7.63. The highest BCUT2D eigenvalue weighted by molar-refractivity contribution is 5.36. The highest BCUT2D eigenvalue weighted by atomic mass is 19.1. The minimum Gasteiger partial charge on any atom is -0.494 e. The van der Waals surface area contributed by atoms with Crippen LogP contribution in [0.3, 0.4) is 0 Å². The van der Waals surface area contributed by atoms with Crippen LogP contribution in [0.1, 0.15) is 5.56 Å². The Morgan fingerprint density at radius 3 is 2.50 bits per heavy atom. The van der Waals surface area contributed by atoms with E-state index in [0.717, 1.165) is 12.1 Å². The Bertz CT molecular complexity index is 403. The van der Waals surface area contributed by atoms with Gasteiger partial charge < -0.3 is 9.47 Å². The van der Waals surface area contributed by atoms with Crippen LogP contribution in [0.4, 0.5) is 8.78 Å². The first kappa shape index (κ1) is 11.3. The van der Waals surface area contributed by atoms with E-state index in [-0.39, 0.29) is 24.5 Å². The van der Waals surface area contributed by atoms with Crippen LogP contribution in [0.5, 0.6) is 5.75 Å². The molecule has 1 heterocycles. The molecule has 0 aromatic heterocycles. The van der Waals surface area contributed by atoms with Crippen LogP contribution in [0.15, 0.2) is 12.1 Å². The van der Waals surface area contributed by atoms with Gasteiger partial charge in [0.2, 0.25) is 0 Å². The van der Waals surface area contributed by atoms with Crippen LogP contribution in [-0.4, -0.2) is 20.3 Å². The van der Waals surface area contributed by atoms with Crippen molar-refractivity contribution < 1.29 is 18.3 Å². The van der Waals surface area contributed by atoms with Gasteiger partial charge in [0.15, 0.2) is 11.6 Å². The van der Waals surface area contributed by atoms with Crippen molar-refractivity contribution in [3.8, 4) is 5.75 Å². The maximum absolute atomic E-state index is 13.7. The van der Waals surface area contributed by atoms with Crippen LogP contribution in [0, 0.1) is 11.6 Å². The summed E-state index contributed by atoms with van der Waals surface area (Å²) in [5.41, 5.74) is 1.78. The predicted molar refractivity (Wildman–Crippen MR) is 52.7 cm³/mol. The van der Waals surface area contributed by atoms with Gasteiger partial charge in [-0.05, 0) is 6.07 Å². The van der Waals surface area contributed by atoms with E-state index in [0.29, 0.717) is 0 Å². The number of hydrogen-bond donors (Lipinski definition) is 2. The molecule has 16 heavy (non-hydrogen) atoms. The molecule has 0 unspecified atom stereocenters. The minimum atomic E-state index is -0.836. The molecule has 1 aliphatic heterocycles. The molecule has 2 rings (SSSR count). The van der Waals surface area contributed by atoms with Crippen molar-refractivity contribution in [2.24, 2.45) is 5.84 Å². The van der Waals surface area contributed by atoms with Gasteiger partial charge in [0, 0.05) is 11.6 Å². The SMILES string of the molecule is COc1cc(F)c(C2(NN)COC2)cc1F. The summed E-state index contributed by atoms with van der Waals surface area (Å²) >= 11 is 0. The molecule has 6 heteroatoms. The Hall–Kier alpha value is -1.24. The molecular formula is C10H12F2N2O2. The van der Waals surface area contributed by atoms with E-state index in [4.69, 9.17) is 10.6 Å². The molecule has 4 nitrogen and oxygen atoms in total. The fraction of sp³-hybridized carbons (Fsp3) is 0.400. The molecule has 1 aromatic rings. The zero-order chi connectivity index (χ0) is 11.8. The van der Waals surface area contributed by atoms with Gasteiger partial charge in [-0.2, -0.15) is 0 Å². The zero-order valence-electron chi connectivity index (χ0n) is 8.72. The summed E-state index contributed by atoms with van der Waals surface area (Å²) < 4.78 is 36.8. The highest BCUT2D eigenvalue weighted by Gasteiger charge is 2.42. The molecule has 0 radical (unpaired) electrons. The number of rotatable bonds is 3. The van der Waals surface area contributed by atoms with Crippen LogP contribution in [0.25, 0.3) is 0 Å². The van der Waals surface area contributed by atoms with Gasteiger partial charge in [-0.15, -0.1) is 0 Å². The molecule has 0 spiro atoms. The fourth-order valence-electron chi connectivity index (χ4n) is 1.67. The summed E-state index contributed by atoms with van der Waals surface area (Å²) in [5, 5.41) is 0. The number of halogens is 2. The first-order valence-electron chi connectivity index (χ1n) is 4.72. The van der Waals surface area contributed by atoms with E-state index in [2.05, 4.69) is 10.2 Å². The van der Waals surface area contributed by atoms with Crippen molar-refractivity contribution in [2.45, 2.75) is 5.54 Å². The summed E-state index contributed by atoms with van der Waals surface area (Å²) in [4.78, 5) is 0. The fourth-order valence-corrected chi connectivity index (χ4v) is 1.67. The van der Waals surface area contributed by atoms with Crippen molar-refractivity contribution in [1.82, 2.24) is 5.43 Å². The van der Waals surface area contributed by atoms with Crippen molar-refractivity contribution in [1.29, 1.82) is 0 Å². The molecule has 0 bridgehead atoms. The van der Waals surface area contributed by atoms with Crippen LogP contribution >= 0.6 is 0 Å². The number of hydrazine groups is 1. The van der Waals surface area contributed by atoms with Gasteiger partial charge in [0.25, 0.3) is 0 Å². The molecular weight excluding hydrogens is 218 g/mol. The Labute approximate surface area is 91.3 Å². The number of nitrogens with one attached hydrogen (secondary N) is 1. The highest BCUT2D eigenvalue weighted by Crippen LogP contribution is 2.33. The standard InChI is InChI=1S/C10H12F2N2O2/c1-15-9-3-7(11)6(2-8(9)12)10(14-13)4-16-5-10/h2-3,14H,4-5,13H2,1H3. The van der Waals surface area contributed by atoms with Crippen LogP contribution < -0.4 is 16.0 Å². The van der Waals surface area contributed by atoms with Crippen molar-refractivity contribution in [3.63, 3.8) is 0 Å². The van der Waals surface area contributed by atoms with Crippen molar-refractivity contribution >= 4 is 0 Å². The third kappa shape index (κ3) is 1.55. The lowest BCUT2D eigenvalue weighted by Crippen LogP contribution is -2.60. The molecule has 88 valence electrons. The minimum absolute atomic E-state index is 0.131. The topological polar surface area (TPSA) is 56.5 Å². The van der Waals surface area contributed by atoms with Gasteiger partial charge in [-0.3, -0.25) is 5.84 Å². The summed E-state index contributed by atoms with van der Waals surface area (Å²) in [7, 11) is 1.28. The molecule has 0 saturated carbocycles. The predicted octanol–water partition coefficient (Wildman–Crippen LogP) is 0.662. The second-order valence-electron chi connectivity index (χ2n) is 3.69. The first-order valence-corrected chi connectivity index (χ1v) is 4.72. The zero-order valence-corrected chi connectivity index (χ0v) is 8.72. The normalized spacial score (nSPS) is 18.0. The van der Waals surface area contributed by atoms with Gasteiger partial charge in [-0.25, -0.2) is 14.2 Å². The quantitative estimate of drug-likeness (QED) is 0.591. The molecule has 1 aromatic carbocycles. The lowest BCUT2D eigenvalue weighted by molar-refractivity contribution is -0.0804. The van der Waals surface area contributed by atoms with Crippen molar-refractivity contribution in [3.05, 3.63) is 29.3 Å². The van der Waals surface area contributed by atoms with E-state index in [1.807, 2.05) is 0 Å². The Balaban J connectivity index is 2.45. The van der Waals surface area contributed by atoms with E-state index in [1.165, 1.54) is 7.11 Å². The van der Waals surface area contributed by atoms with E-state index in [9.17, 15) is 8.78 Å². The maximum Gasteiger partial charge on any atom is 0.165 e.